The number of halogens is 1. The van der Waals surface area contributed by atoms with E-state index in [0.29, 0.717) is 12.3 Å². The first-order valence-electron chi connectivity index (χ1n) is 6.79. The van der Waals surface area contributed by atoms with Crippen molar-refractivity contribution in [2.45, 2.75) is 11.4 Å². The molecule has 22 heavy (non-hydrogen) atoms. The summed E-state index contributed by atoms with van der Waals surface area (Å²) in [6.07, 6.45) is 1.87. The van der Waals surface area contributed by atoms with Crippen molar-refractivity contribution < 1.29 is 9.18 Å². The van der Waals surface area contributed by atoms with Gasteiger partial charge in [-0.05, 0) is 42.5 Å². The Balaban J connectivity index is 1.50. The lowest BCUT2D eigenvalue weighted by Gasteiger charge is -2.03. The third-order valence-electron chi connectivity index (χ3n) is 3.07. The number of nitrogens with one attached hydrogen (secondary N) is 1. The fourth-order valence-electron chi connectivity index (χ4n) is 2.00. The maximum absolute atomic E-state index is 12.8. The van der Waals surface area contributed by atoms with Gasteiger partial charge in [0.15, 0.2) is 0 Å². The second-order valence-electron chi connectivity index (χ2n) is 4.73. The van der Waals surface area contributed by atoms with Crippen LogP contribution in [0.25, 0.3) is 5.52 Å². The minimum Gasteiger partial charge on any atom is -0.350 e. The number of rotatable bonds is 5. The van der Waals surface area contributed by atoms with Crippen LogP contribution in [0.15, 0.2) is 59.6 Å². The molecule has 0 atom stereocenters. The third kappa shape index (κ3) is 3.65. The van der Waals surface area contributed by atoms with E-state index in [1.807, 2.05) is 30.5 Å². The minimum atomic E-state index is -0.277. The van der Waals surface area contributed by atoms with Gasteiger partial charge in [-0.3, -0.25) is 4.79 Å². The first kappa shape index (κ1) is 14.6. The number of fused-ring (bicyclic) bond motifs is 1. The van der Waals surface area contributed by atoms with Crippen LogP contribution in [0.2, 0.25) is 0 Å². The molecule has 0 saturated carbocycles. The van der Waals surface area contributed by atoms with Crippen LogP contribution in [0.4, 0.5) is 4.39 Å². The molecule has 0 aliphatic heterocycles. The van der Waals surface area contributed by atoms with Crippen molar-refractivity contribution in [2.24, 2.45) is 0 Å². The molecule has 0 aliphatic rings. The average Bonchev–Trinajstić information content (AvgIpc) is 2.95. The summed E-state index contributed by atoms with van der Waals surface area (Å²) < 4.78 is 14.6. The second-order valence-corrected chi connectivity index (χ2v) is 5.77. The molecule has 1 aromatic carbocycles. The Morgan fingerprint density at radius 1 is 1.23 bits per heavy atom. The summed E-state index contributed by atoms with van der Waals surface area (Å²) in [6.45, 7) is 0.393. The molecule has 0 radical (unpaired) electrons. The summed E-state index contributed by atoms with van der Waals surface area (Å²) >= 11 is 1.37. The van der Waals surface area contributed by atoms with Gasteiger partial charge in [-0.25, -0.2) is 8.91 Å². The standard InChI is InChI=1S/C16H14FN3OS/c17-12-4-6-15(7-5-12)22-11-16(21)18-10-13-9-14-3-1-2-8-20(14)19-13/h1-9H,10-11H2,(H,18,21). The quantitative estimate of drug-likeness (QED) is 0.737. The van der Waals surface area contributed by atoms with E-state index in [-0.39, 0.29) is 11.7 Å². The molecule has 4 nitrogen and oxygen atoms in total. The number of hydrogen-bond donors (Lipinski definition) is 1. The van der Waals surface area contributed by atoms with Crippen LogP contribution < -0.4 is 5.32 Å². The fourth-order valence-corrected chi connectivity index (χ4v) is 2.73. The number of amides is 1. The van der Waals surface area contributed by atoms with Crippen molar-refractivity contribution in [1.82, 2.24) is 14.9 Å². The van der Waals surface area contributed by atoms with Gasteiger partial charge in [0, 0.05) is 11.1 Å². The van der Waals surface area contributed by atoms with Crippen molar-refractivity contribution >= 4 is 23.2 Å². The zero-order chi connectivity index (χ0) is 15.4. The van der Waals surface area contributed by atoms with Crippen LogP contribution in [0.1, 0.15) is 5.69 Å². The van der Waals surface area contributed by atoms with E-state index in [1.165, 1.54) is 23.9 Å². The number of carbonyl (C=O) groups excluding carboxylic acids is 1. The van der Waals surface area contributed by atoms with Gasteiger partial charge in [0.1, 0.15) is 5.82 Å². The van der Waals surface area contributed by atoms with E-state index in [1.54, 1.807) is 16.6 Å². The zero-order valence-electron chi connectivity index (χ0n) is 11.7. The van der Waals surface area contributed by atoms with Gasteiger partial charge < -0.3 is 5.32 Å². The van der Waals surface area contributed by atoms with Gasteiger partial charge >= 0.3 is 0 Å². The Bertz CT molecular complexity index is 752. The summed E-state index contributed by atoms with van der Waals surface area (Å²) in [5.41, 5.74) is 1.80. The lowest BCUT2D eigenvalue weighted by Crippen LogP contribution is -2.24. The van der Waals surface area contributed by atoms with Crippen molar-refractivity contribution in [2.75, 3.05) is 5.75 Å². The van der Waals surface area contributed by atoms with Crippen molar-refractivity contribution in [1.29, 1.82) is 0 Å². The molecule has 112 valence electrons. The van der Waals surface area contributed by atoms with E-state index < -0.39 is 0 Å². The van der Waals surface area contributed by atoms with Crippen LogP contribution in [0.3, 0.4) is 0 Å². The van der Waals surface area contributed by atoms with Crippen LogP contribution in [0, 0.1) is 5.82 Å². The molecule has 3 rings (SSSR count). The van der Waals surface area contributed by atoms with Gasteiger partial charge in [0.05, 0.1) is 23.5 Å². The molecular weight excluding hydrogens is 301 g/mol. The van der Waals surface area contributed by atoms with Crippen LogP contribution in [-0.4, -0.2) is 21.3 Å². The monoisotopic (exact) mass is 315 g/mol. The fraction of sp³-hybridized carbons (Fsp3) is 0.125. The van der Waals surface area contributed by atoms with Gasteiger partial charge in [0.25, 0.3) is 0 Å². The van der Waals surface area contributed by atoms with Crippen molar-refractivity contribution in [3.8, 4) is 0 Å². The van der Waals surface area contributed by atoms with E-state index in [0.717, 1.165) is 16.1 Å². The summed E-state index contributed by atoms with van der Waals surface area (Å²) in [7, 11) is 0. The Morgan fingerprint density at radius 3 is 2.82 bits per heavy atom. The van der Waals surface area contributed by atoms with E-state index in [4.69, 9.17) is 0 Å². The average molecular weight is 315 g/mol. The van der Waals surface area contributed by atoms with Crippen LogP contribution in [-0.2, 0) is 11.3 Å². The number of aromatic nitrogens is 2. The van der Waals surface area contributed by atoms with Crippen molar-refractivity contribution in [3.05, 3.63) is 66.2 Å². The molecule has 6 heteroatoms. The molecule has 0 unspecified atom stereocenters. The smallest absolute Gasteiger partial charge is 0.230 e. The zero-order valence-corrected chi connectivity index (χ0v) is 12.5. The van der Waals surface area contributed by atoms with Crippen LogP contribution >= 0.6 is 11.8 Å². The highest BCUT2D eigenvalue weighted by Crippen LogP contribution is 2.17. The Kier molecular flexibility index (Phi) is 4.39. The van der Waals surface area contributed by atoms with Crippen molar-refractivity contribution in [3.63, 3.8) is 0 Å². The summed E-state index contributed by atoms with van der Waals surface area (Å²) in [5, 5.41) is 7.20. The predicted octanol–water partition coefficient (Wildman–Crippen LogP) is 2.88. The van der Waals surface area contributed by atoms with Crippen LogP contribution in [0.5, 0.6) is 0 Å². The number of benzene rings is 1. The maximum atomic E-state index is 12.8. The number of pyridine rings is 1. The number of nitrogens with zero attached hydrogens (tertiary/aromatic N) is 2. The number of hydrogen-bond acceptors (Lipinski definition) is 3. The highest BCUT2D eigenvalue weighted by Gasteiger charge is 2.05. The molecule has 2 aromatic heterocycles. The highest BCUT2D eigenvalue weighted by atomic mass is 32.2. The largest absolute Gasteiger partial charge is 0.350 e. The summed E-state index contributed by atoms with van der Waals surface area (Å²) in [5.74, 6) is -0.0639. The molecule has 0 aliphatic carbocycles. The third-order valence-corrected chi connectivity index (χ3v) is 4.08. The summed E-state index contributed by atoms with van der Waals surface area (Å²) in [6, 6.07) is 13.8. The van der Waals surface area contributed by atoms with E-state index in [2.05, 4.69) is 10.4 Å². The normalized spacial score (nSPS) is 10.8. The lowest BCUT2D eigenvalue weighted by molar-refractivity contribution is -0.118. The number of thioether (sulfide) groups is 1. The first-order chi connectivity index (χ1) is 10.7. The topological polar surface area (TPSA) is 46.4 Å². The minimum absolute atomic E-state index is 0.0774. The molecule has 0 spiro atoms. The summed E-state index contributed by atoms with van der Waals surface area (Å²) in [4.78, 5) is 12.7. The second kappa shape index (κ2) is 6.62. The molecular formula is C16H14FN3OS. The molecule has 0 bridgehead atoms. The first-order valence-corrected chi connectivity index (χ1v) is 7.77. The highest BCUT2D eigenvalue weighted by molar-refractivity contribution is 8.00. The molecule has 2 heterocycles. The Hall–Kier alpha value is -2.34. The van der Waals surface area contributed by atoms with Gasteiger partial charge in [-0.2, -0.15) is 5.10 Å². The van der Waals surface area contributed by atoms with Gasteiger partial charge in [-0.15, -0.1) is 11.8 Å². The lowest BCUT2D eigenvalue weighted by atomic mass is 10.3. The van der Waals surface area contributed by atoms with E-state index >= 15 is 0 Å². The molecule has 3 aromatic rings. The number of carbonyl (C=O) groups is 1. The molecule has 1 N–H and O–H groups in total. The molecule has 0 fully saturated rings. The predicted molar refractivity (Wildman–Crippen MR) is 84.2 cm³/mol. The van der Waals surface area contributed by atoms with Gasteiger partial charge in [0.2, 0.25) is 5.91 Å². The van der Waals surface area contributed by atoms with Gasteiger partial charge in [-0.1, -0.05) is 6.07 Å². The molecule has 0 saturated heterocycles. The molecule has 1 amide bonds. The Labute approximate surface area is 131 Å². The SMILES string of the molecule is O=C(CSc1ccc(F)cc1)NCc1cc2ccccn2n1. The maximum Gasteiger partial charge on any atom is 0.230 e. The Morgan fingerprint density at radius 2 is 2.05 bits per heavy atom. The van der Waals surface area contributed by atoms with E-state index in [9.17, 15) is 9.18 Å².